The molecule has 7 aromatic rings. The highest BCUT2D eigenvalue weighted by Crippen LogP contribution is 2.29. The minimum absolute atomic E-state index is 0.170. The molecule has 41 heavy (non-hydrogen) atoms. The number of H-pyrrole nitrogens is 1. The number of benzene rings is 4. The van der Waals surface area contributed by atoms with Gasteiger partial charge in [-0.05, 0) is 52.9 Å². The van der Waals surface area contributed by atoms with Crippen molar-refractivity contribution in [3.05, 3.63) is 149 Å². The van der Waals surface area contributed by atoms with Crippen LogP contribution in [0.15, 0.2) is 126 Å². The number of aromatic amines is 1. The van der Waals surface area contributed by atoms with Crippen LogP contribution in [0.5, 0.6) is 0 Å². The molecule has 0 unspecified atom stereocenters. The van der Waals surface area contributed by atoms with E-state index >= 15 is 0 Å². The first-order valence-electron chi connectivity index (χ1n) is 13.7. The first-order valence-corrected chi connectivity index (χ1v) is 13.7. The Labute approximate surface area is 237 Å². The van der Waals surface area contributed by atoms with Gasteiger partial charge in [0.05, 0.1) is 22.1 Å². The van der Waals surface area contributed by atoms with E-state index in [0.717, 1.165) is 57.6 Å². The lowest BCUT2D eigenvalue weighted by atomic mass is 10.0. The summed E-state index contributed by atoms with van der Waals surface area (Å²) in [6.07, 6.45) is 4.96. The average Bonchev–Trinajstić information content (AvgIpc) is 3.38. The van der Waals surface area contributed by atoms with E-state index in [1.807, 2.05) is 54.6 Å². The Morgan fingerprint density at radius 2 is 1.32 bits per heavy atom. The molecule has 0 saturated heterocycles. The molecular formula is C35H27N5O. The predicted octanol–water partition coefficient (Wildman–Crippen LogP) is 6.84. The number of nitrogens with zero attached hydrogens (tertiary/aromatic N) is 4. The summed E-state index contributed by atoms with van der Waals surface area (Å²) in [6, 6.07) is 36.9. The van der Waals surface area contributed by atoms with Crippen LogP contribution in [0.1, 0.15) is 16.8 Å². The maximum atomic E-state index is 12.9. The van der Waals surface area contributed by atoms with Crippen LogP contribution in [0.3, 0.4) is 0 Å². The van der Waals surface area contributed by atoms with E-state index in [1.165, 1.54) is 5.56 Å². The van der Waals surface area contributed by atoms with Gasteiger partial charge in [0.15, 0.2) is 0 Å². The van der Waals surface area contributed by atoms with E-state index in [9.17, 15) is 4.79 Å². The van der Waals surface area contributed by atoms with Crippen LogP contribution < -0.4 is 5.56 Å². The van der Waals surface area contributed by atoms with Gasteiger partial charge in [0.1, 0.15) is 11.5 Å². The second kappa shape index (κ2) is 10.7. The molecule has 0 amide bonds. The molecule has 198 valence electrons. The normalized spacial score (nSPS) is 11.3. The third-order valence-corrected chi connectivity index (χ3v) is 7.47. The minimum atomic E-state index is -0.170. The number of hydrogen-bond donors (Lipinski definition) is 1. The van der Waals surface area contributed by atoms with Gasteiger partial charge in [-0.25, -0.2) is 9.97 Å². The van der Waals surface area contributed by atoms with Gasteiger partial charge < -0.3 is 9.55 Å². The Hall–Kier alpha value is -5.36. The van der Waals surface area contributed by atoms with E-state index in [0.29, 0.717) is 17.6 Å². The van der Waals surface area contributed by atoms with Crippen LogP contribution in [-0.2, 0) is 19.4 Å². The zero-order chi connectivity index (χ0) is 27.6. The first kappa shape index (κ1) is 24.7. The molecule has 0 atom stereocenters. The monoisotopic (exact) mass is 533 g/mol. The Kier molecular flexibility index (Phi) is 6.41. The molecule has 1 N–H and O–H groups in total. The van der Waals surface area contributed by atoms with Crippen LogP contribution in [-0.4, -0.2) is 24.5 Å². The van der Waals surface area contributed by atoms with Crippen molar-refractivity contribution in [3.8, 4) is 22.5 Å². The summed E-state index contributed by atoms with van der Waals surface area (Å²) < 4.78 is 2.27. The quantitative estimate of drug-likeness (QED) is 0.244. The van der Waals surface area contributed by atoms with Crippen molar-refractivity contribution in [1.82, 2.24) is 24.5 Å². The van der Waals surface area contributed by atoms with Gasteiger partial charge in [0, 0.05) is 30.9 Å². The Morgan fingerprint density at radius 1 is 0.659 bits per heavy atom. The number of aryl methyl sites for hydroxylation is 2. The molecule has 0 aliphatic heterocycles. The Bertz CT molecular complexity index is 2010. The van der Waals surface area contributed by atoms with Crippen LogP contribution in [0.25, 0.3) is 44.6 Å². The number of nitrogens with one attached hydrogen (secondary N) is 1. The second-order valence-electron chi connectivity index (χ2n) is 10.2. The van der Waals surface area contributed by atoms with Crippen LogP contribution in [0.4, 0.5) is 0 Å². The van der Waals surface area contributed by atoms with Gasteiger partial charge in [-0.2, -0.15) is 0 Å². The van der Waals surface area contributed by atoms with E-state index in [-0.39, 0.29) is 5.56 Å². The second-order valence-corrected chi connectivity index (χ2v) is 10.2. The lowest BCUT2D eigenvalue weighted by Crippen LogP contribution is -2.15. The maximum absolute atomic E-state index is 12.9. The summed E-state index contributed by atoms with van der Waals surface area (Å²) in [7, 11) is 0. The number of imidazole rings is 1. The molecule has 0 aliphatic rings. The van der Waals surface area contributed by atoms with Gasteiger partial charge in [0.2, 0.25) is 0 Å². The number of fused-ring (bicyclic) bond motifs is 2. The molecule has 4 aromatic carbocycles. The van der Waals surface area contributed by atoms with Gasteiger partial charge in [0.25, 0.3) is 5.56 Å². The summed E-state index contributed by atoms with van der Waals surface area (Å²) in [5.74, 6) is 0.888. The predicted molar refractivity (Wildman–Crippen MR) is 164 cm³/mol. The largest absolute Gasteiger partial charge is 0.324 e. The lowest BCUT2D eigenvalue weighted by Gasteiger charge is -2.11. The number of rotatable bonds is 7. The van der Waals surface area contributed by atoms with Crippen LogP contribution >= 0.6 is 0 Å². The summed E-state index contributed by atoms with van der Waals surface area (Å²) in [5.41, 5.74) is 9.19. The molecule has 0 fully saturated rings. The standard InChI is InChI=1S/C35H27N5O/c41-35-32(21-25-9-5-2-6-10-25)37-30-23-33-31(22-29(30)39-35)38-34(40(33)20-17-24-7-3-1-4-8-24)28-13-11-26(12-14-28)27-15-18-36-19-16-27/h1-16,18-19,22-23H,17,20-21H2,(H,39,41). The summed E-state index contributed by atoms with van der Waals surface area (Å²) >= 11 is 0. The molecule has 3 aromatic heterocycles. The SMILES string of the molecule is O=c1[nH]c2cc3nc(-c4ccc(-c5ccncc5)cc4)n(CCc4ccccc4)c3cc2nc1Cc1ccccc1. The van der Waals surface area contributed by atoms with Crippen molar-refractivity contribution >= 4 is 22.1 Å². The van der Waals surface area contributed by atoms with Crippen molar-refractivity contribution < 1.29 is 0 Å². The number of aromatic nitrogens is 5. The van der Waals surface area contributed by atoms with Crippen molar-refractivity contribution in [2.24, 2.45) is 0 Å². The van der Waals surface area contributed by atoms with Crippen molar-refractivity contribution in [1.29, 1.82) is 0 Å². The molecule has 6 nitrogen and oxygen atoms in total. The molecular weight excluding hydrogens is 506 g/mol. The highest BCUT2D eigenvalue weighted by molar-refractivity contribution is 5.93. The fourth-order valence-electron chi connectivity index (χ4n) is 5.34. The molecule has 0 spiro atoms. The summed E-state index contributed by atoms with van der Waals surface area (Å²) in [5, 5.41) is 0. The van der Waals surface area contributed by atoms with E-state index in [4.69, 9.17) is 9.97 Å². The average molecular weight is 534 g/mol. The Morgan fingerprint density at radius 3 is 2.05 bits per heavy atom. The lowest BCUT2D eigenvalue weighted by molar-refractivity contribution is 0.723. The van der Waals surface area contributed by atoms with Crippen LogP contribution in [0.2, 0.25) is 0 Å². The minimum Gasteiger partial charge on any atom is -0.324 e. The zero-order valence-electron chi connectivity index (χ0n) is 22.4. The summed E-state index contributed by atoms with van der Waals surface area (Å²) in [4.78, 5) is 30.0. The van der Waals surface area contributed by atoms with Crippen molar-refractivity contribution in [3.63, 3.8) is 0 Å². The highest BCUT2D eigenvalue weighted by Gasteiger charge is 2.16. The molecule has 0 bridgehead atoms. The summed E-state index contributed by atoms with van der Waals surface area (Å²) in [6.45, 7) is 0.758. The van der Waals surface area contributed by atoms with E-state index in [1.54, 1.807) is 12.4 Å². The third kappa shape index (κ3) is 5.03. The maximum Gasteiger partial charge on any atom is 0.270 e. The number of pyridine rings is 1. The van der Waals surface area contributed by atoms with Gasteiger partial charge >= 0.3 is 0 Å². The smallest absolute Gasteiger partial charge is 0.270 e. The molecule has 3 heterocycles. The van der Waals surface area contributed by atoms with Gasteiger partial charge in [-0.15, -0.1) is 0 Å². The molecule has 0 aliphatic carbocycles. The highest BCUT2D eigenvalue weighted by atomic mass is 16.1. The van der Waals surface area contributed by atoms with Crippen molar-refractivity contribution in [2.45, 2.75) is 19.4 Å². The first-order chi connectivity index (χ1) is 20.2. The van der Waals surface area contributed by atoms with Gasteiger partial charge in [-0.3, -0.25) is 9.78 Å². The molecule has 6 heteroatoms. The molecule has 0 radical (unpaired) electrons. The third-order valence-electron chi connectivity index (χ3n) is 7.47. The van der Waals surface area contributed by atoms with Crippen LogP contribution in [0, 0.1) is 0 Å². The van der Waals surface area contributed by atoms with Gasteiger partial charge in [-0.1, -0.05) is 84.9 Å². The molecule has 7 rings (SSSR count). The topological polar surface area (TPSA) is 76.5 Å². The van der Waals surface area contributed by atoms with E-state index < -0.39 is 0 Å². The van der Waals surface area contributed by atoms with E-state index in [2.05, 4.69) is 69.1 Å². The van der Waals surface area contributed by atoms with Crippen molar-refractivity contribution in [2.75, 3.05) is 0 Å². The molecule has 0 saturated carbocycles. The fraction of sp³-hybridized carbons (Fsp3) is 0.0857. The number of hydrogen-bond acceptors (Lipinski definition) is 4. The Balaban J connectivity index is 1.33. The fourth-order valence-corrected chi connectivity index (χ4v) is 5.34. The zero-order valence-corrected chi connectivity index (χ0v) is 22.4.